The molecular weight excluding hydrogens is 492 g/mol. The Morgan fingerprint density at radius 1 is 0.889 bits per heavy atom. The van der Waals surface area contributed by atoms with Crippen LogP contribution in [0.5, 0.6) is 0 Å². The summed E-state index contributed by atoms with van der Waals surface area (Å²) < 4.78 is 0. The number of guanidine groups is 1. The van der Waals surface area contributed by atoms with Crippen molar-refractivity contribution in [1.29, 1.82) is 0 Å². The van der Waals surface area contributed by atoms with E-state index in [4.69, 9.17) is 22.9 Å². The number of rotatable bonds is 18. The molecule has 0 saturated carbocycles. The average molecular weight is 533 g/mol. The Bertz CT molecular complexity index is 790. The molecule has 0 spiro atoms. The number of nitrogens with zero attached hydrogens (tertiary/aromatic N) is 1. The third-order valence-electron chi connectivity index (χ3n) is 4.91. The van der Waals surface area contributed by atoms with Gasteiger partial charge in [0.05, 0.1) is 12.5 Å². The summed E-state index contributed by atoms with van der Waals surface area (Å²) in [6.07, 6.45) is 2.27. The smallest absolute Gasteiger partial charge is 0.326 e. The van der Waals surface area contributed by atoms with Crippen LogP contribution in [0.1, 0.15) is 46.0 Å². The van der Waals surface area contributed by atoms with Crippen LogP contribution >= 0.6 is 11.8 Å². The Hall–Kier alpha value is -3.07. The second kappa shape index (κ2) is 17.4. The fourth-order valence-corrected chi connectivity index (χ4v) is 3.55. The summed E-state index contributed by atoms with van der Waals surface area (Å²) >= 11 is 1.42. The Morgan fingerprint density at radius 2 is 1.44 bits per heavy atom. The van der Waals surface area contributed by atoms with Gasteiger partial charge in [-0.25, -0.2) is 4.79 Å². The molecular formula is C21H40N8O6S. The van der Waals surface area contributed by atoms with Crippen molar-refractivity contribution < 1.29 is 29.1 Å². The highest BCUT2D eigenvalue weighted by molar-refractivity contribution is 7.98. The zero-order valence-electron chi connectivity index (χ0n) is 21.0. The SMILES string of the molecule is CSCCC(NC(=O)C(CC(N)=O)NC(=O)C(N)CCCN=C(N)N)C(=O)NC(CC(C)C)C(=O)O. The van der Waals surface area contributed by atoms with E-state index in [1.807, 2.05) is 13.8 Å². The lowest BCUT2D eigenvalue weighted by atomic mass is 10.0. The lowest BCUT2D eigenvalue weighted by molar-refractivity contribution is -0.143. The Morgan fingerprint density at radius 3 is 1.94 bits per heavy atom. The van der Waals surface area contributed by atoms with Crippen LogP contribution in [-0.4, -0.2) is 83.4 Å². The molecule has 14 nitrogen and oxygen atoms in total. The summed E-state index contributed by atoms with van der Waals surface area (Å²) in [5.74, 6) is -3.88. The van der Waals surface area contributed by atoms with Gasteiger partial charge in [-0.3, -0.25) is 24.2 Å². The fourth-order valence-electron chi connectivity index (χ4n) is 3.08. The molecule has 4 atom stereocenters. The van der Waals surface area contributed by atoms with Gasteiger partial charge in [0.2, 0.25) is 23.6 Å². The first-order chi connectivity index (χ1) is 16.8. The van der Waals surface area contributed by atoms with Crippen molar-refractivity contribution in [2.75, 3.05) is 18.6 Å². The first kappa shape index (κ1) is 32.9. The largest absolute Gasteiger partial charge is 0.480 e. The molecule has 0 saturated heterocycles. The van der Waals surface area contributed by atoms with Gasteiger partial charge in [0, 0.05) is 6.54 Å². The van der Waals surface area contributed by atoms with Crippen LogP contribution in [0.25, 0.3) is 0 Å². The standard InChI is InChI=1S/C21H40N8O6S/c1-11(2)9-15(20(34)35)29-18(32)13(6-8-36-3)27-19(33)14(10-16(23)30)28-17(31)12(22)5-4-7-26-21(24)25/h11-15H,4-10,22H2,1-3H3,(H2,23,30)(H,27,33)(H,28,31)(H,29,32)(H,34,35)(H4,24,25,26). The molecule has 0 heterocycles. The van der Waals surface area contributed by atoms with Crippen molar-refractivity contribution in [3.8, 4) is 0 Å². The lowest BCUT2D eigenvalue weighted by Gasteiger charge is -2.25. The number of nitrogens with two attached hydrogens (primary N) is 4. The van der Waals surface area contributed by atoms with Crippen LogP contribution in [0.4, 0.5) is 0 Å². The van der Waals surface area contributed by atoms with Gasteiger partial charge in [0.1, 0.15) is 18.1 Å². The summed E-state index contributed by atoms with van der Waals surface area (Å²) in [6, 6.07) is -4.62. The zero-order valence-corrected chi connectivity index (χ0v) is 21.8. The second-order valence-corrected chi connectivity index (χ2v) is 9.64. The molecule has 0 fully saturated rings. The minimum absolute atomic E-state index is 0.00414. The number of hydrogen-bond donors (Lipinski definition) is 8. The Balaban J connectivity index is 5.39. The van der Waals surface area contributed by atoms with E-state index >= 15 is 0 Å². The fraction of sp³-hybridized carbons (Fsp3) is 0.714. The maximum Gasteiger partial charge on any atom is 0.326 e. The highest BCUT2D eigenvalue weighted by Crippen LogP contribution is 2.08. The molecule has 0 aliphatic carbocycles. The molecule has 0 bridgehead atoms. The summed E-state index contributed by atoms with van der Waals surface area (Å²) in [6.45, 7) is 3.89. The van der Waals surface area contributed by atoms with Crippen molar-refractivity contribution in [1.82, 2.24) is 16.0 Å². The molecule has 12 N–H and O–H groups in total. The zero-order chi connectivity index (χ0) is 27.8. The summed E-state index contributed by atoms with van der Waals surface area (Å²) in [4.78, 5) is 65.1. The molecule has 0 aliphatic heterocycles. The van der Waals surface area contributed by atoms with E-state index in [1.54, 1.807) is 6.26 Å². The predicted octanol–water partition coefficient (Wildman–Crippen LogP) is -2.42. The topological polar surface area (TPSA) is 258 Å². The van der Waals surface area contributed by atoms with Gasteiger partial charge >= 0.3 is 5.97 Å². The van der Waals surface area contributed by atoms with Crippen LogP contribution in [0.3, 0.4) is 0 Å². The van der Waals surface area contributed by atoms with Gasteiger partial charge in [0.15, 0.2) is 5.96 Å². The van der Waals surface area contributed by atoms with Gasteiger partial charge in [-0.2, -0.15) is 11.8 Å². The first-order valence-electron chi connectivity index (χ1n) is 11.5. The summed E-state index contributed by atoms with van der Waals surface area (Å²) in [5.41, 5.74) is 21.6. The predicted molar refractivity (Wildman–Crippen MR) is 138 cm³/mol. The summed E-state index contributed by atoms with van der Waals surface area (Å²) in [7, 11) is 0. The third-order valence-corrected chi connectivity index (χ3v) is 5.55. The van der Waals surface area contributed by atoms with Gasteiger partial charge < -0.3 is 44.0 Å². The molecule has 0 rings (SSSR count). The van der Waals surface area contributed by atoms with E-state index in [-0.39, 0.29) is 37.7 Å². The van der Waals surface area contributed by atoms with Crippen LogP contribution < -0.4 is 38.9 Å². The number of carboxylic acids is 1. The number of primary amides is 1. The monoisotopic (exact) mass is 532 g/mol. The maximum atomic E-state index is 12.9. The molecule has 36 heavy (non-hydrogen) atoms. The summed E-state index contributed by atoms with van der Waals surface area (Å²) in [5, 5.41) is 16.8. The molecule has 4 unspecified atom stereocenters. The van der Waals surface area contributed by atoms with Crippen molar-refractivity contribution in [2.45, 2.75) is 70.1 Å². The van der Waals surface area contributed by atoms with E-state index in [9.17, 15) is 29.1 Å². The molecule has 0 aromatic carbocycles. The van der Waals surface area contributed by atoms with Crippen LogP contribution in [-0.2, 0) is 24.0 Å². The Kier molecular flexibility index (Phi) is 15.9. The number of aliphatic imine (C=N–C) groups is 1. The number of aliphatic carboxylic acids is 1. The van der Waals surface area contributed by atoms with Gasteiger partial charge in [-0.15, -0.1) is 0 Å². The van der Waals surface area contributed by atoms with Gasteiger partial charge in [-0.05, 0) is 43.6 Å². The van der Waals surface area contributed by atoms with Gasteiger partial charge in [0.25, 0.3) is 0 Å². The molecule has 0 aromatic rings. The number of carbonyl (C=O) groups is 5. The highest BCUT2D eigenvalue weighted by atomic mass is 32.2. The minimum atomic E-state index is -1.38. The second-order valence-electron chi connectivity index (χ2n) is 8.66. The van der Waals surface area contributed by atoms with Gasteiger partial charge in [-0.1, -0.05) is 13.8 Å². The van der Waals surface area contributed by atoms with Crippen molar-refractivity contribution >= 4 is 47.3 Å². The number of carbonyl (C=O) groups excluding carboxylic acids is 4. The van der Waals surface area contributed by atoms with E-state index in [2.05, 4.69) is 20.9 Å². The number of amides is 4. The van der Waals surface area contributed by atoms with Crippen molar-refractivity contribution in [3.63, 3.8) is 0 Å². The van der Waals surface area contributed by atoms with Crippen LogP contribution in [0, 0.1) is 5.92 Å². The number of thioether (sulfide) groups is 1. The number of nitrogens with one attached hydrogen (secondary N) is 3. The molecule has 15 heteroatoms. The van der Waals surface area contributed by atoms with Crippen molar-refractivity contribution in [3.05, 3.63) is 0 Å². The molecule has 0 aromatic heterocycles. The van der Waals surface area contributed by atoms with E-state index < -0.39 is 60.2 Å². The van der Waals surface area contributed by atoms with E-state index in [0.717, 1.165) is 0 Å². The van der Waals surface area contributed by atoms with E-state index in [0.29, 0.717) is 12.2 Å². The highest BCUT2D eigenvalue weighted by Gasteiger charge is 2.31. The average Bonchev–Trinajstić information content (AvgIpc) is 2.77. The molecule has 0 aliphatic rings. The molecule has 4 amide bonds. The quantitative estimate of drug-likeness (QED) is 0.0526. The van der Waals surface area contributed by atoms with Crippen molar-refractivity contribution in [2.24, 2.45) is 33.8 Å². The number of hydrogen-bond acceptors (Lipinski definition) is 8. The minimum Gasteiger partial charge on any atom is -0.480 e. The maximum absolute atomic E-state index is 12.9. The van der Waals surface area contributed by atoms with Crippen LogP contribution in [0.2, 0.25) is 0 Å². The lowest BCUT2D eigenvalue weighted by Crippen LogP contribution is -2.58. The van der Waals surface area contributed by atoms with Crippen LogP contribution in [0.15, 0.2) is 4.99 Å². The number of carboxylic acid groups (broad SMARTS) is 1. The Labute approximate surface area is 215 Å². The normalized spacial score (nSPS) is 14.1. The molecule has 0 radical (unpaired) electrons. The molecule has 206 valence electrons. The third kappa shape index (κ3) is 14.4. The van der Waals surface area contributed by atoms with E-state index in [1.165, 1.54) is 11.8 Å². The first-order valence-corrected chi connectivity index (χ1v) is 12.9.